The van der Waals surface area contributed by atoms with Crippen LogP contribution in [0.1, 0.15) is 30.5 Å². The molecule has 0 amide bonds. The van der Waals surface area contributed by atoms with Crippen LogP contribution in [-0.2, 0) is 43.5 Å². The van der Waals surface area contributed by atoms with Gasteiger partial charge in [0.2, 0.25) is 0 Å². The van der Waals surface area contributed by atoms with E-state index >= 15 is 0 Å². The Kier molecular flexibility index (Phi) is 8.12. The maximum atomic E-state index is 6.65. The fourth-order valence-electron chi connectivity index (χ4n) is 4.82. The summed E-state index contributed by atoms with van der Waals surface area (Å²) in [5.74, 6) is -0.662. The molecule has 0 aliphatic carbocycles. The molecule has 3 aromatic carbocycles. The van der Waals surface area contributed by atoms with Crippen molar-refractivity contribution in [2.75, 3.05) is 13.2 Å². The van der Waals surface area contributed by atoms with Crippen molar-refractivity contribution in [3.8, 4) is 0 Å². The molecule has 0 bridgehead atoms. The lowest BCUT2D eigenvalue weighted by Gasteiger charge is -2.46. The van der Waals surface area contributed by atoms with Gasteiger partial charge in [0, 0.05) is 6.54 Å². The lowest BCUT2D eigenvalue weighted by atomic mass is 9.97. The summed E-state index contributed by atoms with van der Waals surface area (Å²) < 4.78 is 25.4. The van der Waals surface area contributed by atoms with Crippen molar-refractivity contribution in [2.45, 2.75) is 63.7 Å². The average Bonchev–Trinajstić information content (AvgIpc) is 3.27. The molecule has 2 fully saturated rings. The predicted octanol–water partition coefficient (Wildman–Crippen LogP) is 5.12. The van der Waals surface area contributed by atoms with Gasteiger partial charge in [0.05, 0.1) is 32.5 Å². The molecule has 0 saturated carbocycles. The first-order valence-corrected chi connectivity index (χ1v) is 12.6. The first-order chi connectivity index (χ1) is 17.6. The number of benzene rings is 3. The summed E-state index contributed by atoms with van der Waals surface area (Å²) in [6.45, 7) is 6.32. The maximum Gasteiger partial charge on any atom is 0.163 e. The lowest BCUT2D eigenvalue weighted by molar-refractivity contribution is -0.311. The number of hydrogen-bond acceptors (Lipinski definition) is 6. The van der Waals surface area contributed by atoms with Gasteiger partial charge >= 0.3 is 0 Å². The SMILES string of the molecule is CC1(C)OC[C@H]([C@H]2[C@@H](OCc3ccccc3)[C@H](OCc3ccccc3)CON2Cc2ccccc2)O1. The summed E-state index contributed by atoms with van der Waals surface area (Å²) in [6.07, 6.45) is -0.778. The van der Waals surface area contributed by atoms with Gasteiger partial charge in [0.15, 0.2) is 5.79 Å². The normalized spacial score (nSPS) is 26.2. The molecule has 6 nitrogen and oxygen atoms in total. The molecule has 2 saturated heterocycles. The van der Waals surface area contributed by atoms with Gasteiger partial charge < -0.3 is 18.9 Å². The summed E-state index contributed by atoms with van der Waals surface area (Å²) in [5, 5.41) is 2.00. The highest BCUT2D eigenvalue weighted by molar-refractivity contribution is 5.16. The molecular formula is C30H35NO5. The van der Waals surface area contributed by atoms with Crippen molar-refractivity contribution in [3.63, 3.8) is 0 Å². The van der Waals surface area contributed by atoms with Gasteiger partial charge in [-0.1, -0.05) is 91.0 Å². The zero-order valence-electron chi connectivity index (χ0n) is 21.0. The number of rotatable bonds is 9. The third-order valence-corrected chi connectivity index (χ3v) is 6.62. The summed E-state index contributed by atoms with van der Waals surface area (Å²) in [4.78, 5) is 6.35. The van der Waals surface area contributed by atoms with Crippen molar-refractivity contribution in [2.24, 2.45) is 0 Å². The first kappa shape index (κ1) is 25.1. The van der Waals surface area contributed by atoms with Gasteiger partial charge in [-0.25, -0.2) is 0 Å². The Hall–Kier alpha value is -2.58. The highest BCUT2D eigenvalue weighted by atomic mass is 16.8. The van der Waals surface area contributed by atoms with Crippen LogP contribution < -0.4 is 0 Å². The summed E-state index contributed by atoms with van der Waals surface area (Å²) in [6, 6.07) is 30.5. The molecule has 0 N–H and O–H groups in total. The van der Waals surface area contributed by atoms with Gasteiger partial charge in [-0.05, 0) is 30.5 Å². The van der Waals surface area contributed by atoms with E-state index in [1.165, 1.54) is 0 Å². The summed E-state index contributed by atoms with van der Waals surface area (Å²) in [7, 11) is 0. The van der Waals surface area contributed by atoms with Crippen LogP contribution in [0.2, 0.25) is 0 Å². The molecule has 0 aromatic heterocycles. The standard InChI is InChI=1S/C30H35NO5/c1-30(2)34-21-26(36-30)28-29(33-20-25-16-10-5-11-17-25)27(32-19-24-14-8-4-9-15-24)22-35-31(28)18-23-12-6-3-7-13-23/h3-17,26-29H,18-22H2,1-2H3/t26-,27-,28+,29+/m1/s1. The Morgan fingerprint density at radius 3 is 1.86 bits per heavy atom. The minimum atomic E-state index is -0.662. The van der Waals surface area contributed by atoms with Crippen molar-refractivity contribution < 1.29 is 23.8 Å². The summed E-state index contributed by atoms with van der Waals surface area (Å²) >= 11 is 0. The van der Waals surface area contributed by atoms with Gasteiger partial charge in [-0.2, -0.15) is 5.06 Å². The van der Waals surface area contributed by atoms with E-state index in [0.29, 0.717) is 33.0 Å². The van der Waals surface area contributed by atoms with Crippen LogP contribution in [0.15, 0.2) is 91.0 Å². The zero-order valence-corrected chi connectivity index (χ0v) is 21.0. The Balaban J connectivity index is 1.41. The molecule has 6 heteroatoms. The second-order valence-electron chi connectivity index (χ2n) is 9.81. The molecule has 3 aromatic rings. The van der Waals surface area contributed by atoms with E-state index in [9.17, 15) is 0 Å². The van der Waals surface area contributed by atoms with E-state index in [2.05, 4.69) is 36.4 Å². The quantitative estimate of drug-likeness (QED) is 0.416. The monoisotopic (exact) mass is 489 g/mol. The molecule has 0 unspecified atom stereocenters. The average molecular weight is 490 g/mol. The molecule has 2 aliphatic heterocycles. The highest BCUT2D eigenvalue weighted by Crippen LogP contribution is 2.34. The van der Waals surface area contributed by atoms with E-state index in [1.54, 1.807) is 0 Å². The third kappa shape index (κ3) is 6.40. The molecule has 2 heterocycles. The second-order valence-corrected chi connectivity index (χ2v) is 9.81. The Morgan fingerprint density at radius 2 is 1.31 bits per heavy atom. The predicted molar refractivity (Wildman–Crippen MR) is 137 cm³/mol. The van der Waals surface area contributed by atoms with Crippen LogP contribution in [0, 0.1) is 0 Å². The molecule has 2 aliphatic rings. The number of hydrogen-bond donors (Lipinski definition) is 0. The van der Waals surface area contributed by atoms with E-state index in [0.717, 1.165) is 16.7 Å². The van der Waals surface area contributed by atoms with Gasteiger partial charge in [0.25, 0.3) is 0 Å². The number of hydroxylamine groups is 2. The number of nitrogens with zero attached hydrogens (tertiary/aromatic N) is 1. The fraction of sp³-hybridized carbons (Fsp3) is 0.400. The molecule has 0 radical (unpaired) electrons. The van der Waals surface area contributed by atoms with Crippen LogP contribution in [0.3, 0.4) is 0 Å². The van der Waals surface area contributed by atoms with Gasteiger partial charge in [0.1, 0.15) is 18.3 Å². The molecular weight excluding hydrogens is 454 g/mol. The highest BCUT2D eigenvalue weighted by Gasteiger charge is 2.49. The Morgan fingerprint density at radius 1 is 0.750 bits per heavy atom. The Labute approximate surface area is 213 Å². The minimum absolute atomic E-state index is 0.217. The molecule has 36 heavy (non-hydrogen) atoms. The van der Waals surface area contributed by atoms with Crippen LogP contribution in [0.4, 0.5) is 0 Å². The van der Waals surface area contributed by atoms with E-state index in [4.69, 9.17) is 23.8 Å². The largest absolute Gasteiger partial charge is 0.369 e. The van der Waals surface area contributed by atoms with Gasteiger partial charge in [-0.3, -0.25) is 4.84 Å². The summed E-state index contributed by atoms with van der Waals surface area (Å²) in [5.41, 5.74) is 3.39. The molecule has 0 spiro atoms. The zero-order chi connectivity index (χ0) is 24.8. The van der Waals surface area contributed by atoms with E-state index < -0.39 is 5.79 Å². The van der Waals surface area contributed by atoms with Crippen molar-refractivity contribution in [3.05, 3.63) is 108 Å². The number of ether oxygens (including phenoxy) is 4. The van der Waals surface area contributed by atoms with Crippen LogP contribution in [-0.4, -0.2) is 48.4 Å². The van der Waals surface area contributed by atoms with Crippen molar-refractivity contribution in [1.82, 2.24) is 5.06 Å². The smallest absolute Gasteiger partial charge is 0.163 e. The third-order valence-electron chi connectivity index (χ3n) is 6.62. The molecule has 5 rings (SSSR count). The minimum Gasteiger partial charge on any atom is -0.369 e. The van der Waals surface area contributed by atoms with Crippen LogP contribution in [0.5, 0.6) is 0 Å². The fourth-order valence-corrected chi connectivity index (χ4v) is 4.82. The van der Waals surface area contributed by atoms with Crippen molar-refractivity contribution in [1.29, 1.82) is 0 Å². The molecule has 4 atom stereocenters. The Bertz CT molecular complexity index is 1060. The second kappa shape index (κ2) is 11.6. The van der Waals surface area contributed by atoms with Crippen LogP contribution in [0.25, 0.3) is 0 Å². The lowest BCUT2D eigenvalue weighted by Crippen LogP contribution is -2.62. The topological polar surface area (TPSA) is 49.4 Å². The first-order valence-electron chi connectivity index (χ1n) is 12.6. The van der Waals surface area contributed by atoms with Crippen molar-refractivity contribution >= 4 is 0 Å². The van der Waals surface area contributed by atoms with E-state index in [1.807, 2.05) is 73.5 Å². The maximum absolute atomic E-state index is 6.65. The van der Waals surface area contributed by atoms with Gasteiger partial charge in [-0.15, -0.1) is 0 Å². The van der Waals surface area contributed by atoms with E-state index in [-0.39, 0.29) is 24.4 Å². The van der Waals surface area contributed by atoms with Crippen LogP contribution >= 0.6 is 0 Å². The molecule has 190 valence electrons.